The van der Waals surface area contributed by atoms with E-state index in [2.05, 4.69) is 14.9 Å². The highest BCUT2D eigenvalue weighted by atomic mass is 16.4. The van der Waals surface area contributed by atoms with E-state index < -0.39 is 5.97 Å². The molecule has 6 heteroatoms. The summed E-state index contributed by atoms with van der Waals surface area (Å²) in [5.41, 5.74) is 2.87. The van der Waals surface area contributed by atoms with Gasteiger partial charge in [0.05, 0.1) is 5.92 Å². The molecule has 0 bridgehead atoms. The summed E-state index contributed by atoms with van der Waals surface area (Å²) in [6.07, 6.45) is 4.78. The average Bonchev–Trinajstić information content (AvgIpc) is 2.58. The molecule has 0 unspecified atom stereocenters. The first kappa shape index (κ1) is 15.4. The molecule has 3 rings (SSSR count). The Labute approximate surface area is 135 Å². The minimum atomic E-state index is -0.698. The smallest absolute Gasteiger partial charge is 0.306 e. The lowest BCUT2D eigenvalue weighted by Crippen LogP contribution is -2.37. The fourth-order valence-electron chi connectivity index (χ4n) is 2.88. The largest absolute Gasteiger partial charge is 0.481 e. The first-order valence-electron chi connectivity index (χ1n) is 7.79. The van der Waals surface area contributed by atoms with E-state index >= 15 is 0 Å². The van der Waals surface area contributed by atoms with Crippen molar-refractivity contribution in [2.75, 3.05) is 18.0 Å². The third kappa shape index (κ3) is 3.16. The molecule has 0 spiro atoms. The average molecular weight is 312 g/mol. The van der Waals surface area contributed by atoms with E-state index in [1.165, 1.54) is 0 Å². The minimum Gasteiger partial charge on any atom is -0.481 e. The second-order valence-electron chi connectivity index (χ2n) is 5.92. The van der Waals surface area contributed by atoms with Gasteiger partial charge < -0.3 is 10.0 Å². The van der Waals surface area contributed by atoms with Gasteiger partial charge in [0.25, 0.3) is 0 Å². The molecule has 0 amide bonds. The van der Waals surface area contributed by atoms with Crippen molar-refractivity contribution in [3.8, 4) is 11.4 Å². The van der Waals surface area contributed by atoms with Gasteiger partial charge in [-0.1, -0.05) is 0 Å². The van der Waals surface area contributed by atoms with Crippen LogP contribution in [0.1, 0.15) is 24.1 Å². The molecule has 1 aliphatic heterocycles. The van der Waals surface area contributed by atoms with E-state index in [-0.39, 0.29) is 5.92 Å². The lowest BCUT2D eigenvalue weighted by Gasteiger charge is -2.32. The lowest BCUT2D eigenvalue weighted by atomic mass is 9.97. The molecule has 6 nitrogen and oxygen atoms in total. The van der Waals surface area contributed by atoms with Crippen LogP contribution >= 0.6 is 0 Å². The van der Waals surface area contributed by atoms with Crippen LogP contribution in [0.5, 0.6) is 0 Å². The van der Waals surface area contributed by atoms with Crippen molar-refractivity contribution >= 4 is 11.8 Å². The van der Waals surface area contributed by atoms with Gasteiger partial charge in [-0.25, -0.2) is 9.97 Å². The molecule has 1 N–H and O–H groups in total. The molecule has 23 heavy (non-hydrogen) atoms. The first-order valence-corrected chi connectivity index (χ1v) is 7.79. The molecule has 0 atom stereocenters. The molecule has 2 aromatic rings. The summed E-state index contributed by atoms with van der Waals surface area (Å²) in [5.74, 6) is 0.625. The van der Waals surface area contributed by atoms with Crippen LogP contribution < -0.4 is 4.90 Å². The summed E-state index contributed by atoms with van der Waals surface area (Å²) in [7, 11) is 0. The van der Waals surface area contributed by atoms with Gasteiger partial charge in [0.2, 0.25) is 0 Å². The predicted octanol–water partition coefficient (Wildman–Crippen LogP) is 2.46. The van der Waals surface area contributed by atoms with Crippen LogP contribution in [0.2, 0.25) is 0 Å². The van der Waals surface area contributed by atoms with Crippen LogP contribution in [0.15, 0.2) is 24.5 Å². The Morgan fingerprint density at radius 2 is 2.00 bits per heavy atom. The Balaban J connectivity index is 1.91. The lowest BCUT2D eigenvalue weighted by molar-refractivity contribution is -0.142. The number of hydrogen-bond donors (Lipinski definition) is 1. The minimum absolute atomic E-state index is 0.243. The Morgan fingerprint density at radius 1 is 1.26 bits per heavy atom. The van der Waals surface area contributed by atoms with Gasteiger partial charge in [0, 0.05) is 42.3 Å². The molecule has 1 aliphatic rings. The van der Waals surface area contributed by atoms with Crippen LogP contribution in [-0.2, 0) is 4.79 Å². The maximum Gasteiger partial charge on any atom is 0.306 e. The molecule has 3 heterocycles. The standard InChI is InChI=1S/C17H20N4O2/c1-11-12(2)19-15(14-4-3-7-18-10-14)20-16(11)21-8-5-13(6-9-21)17(22)23/h3-4,7,10,13H,5-6,8-9H2,1-2H3,(H,22,23). The number of anilines is 1. The summed E-state index contributed by atoms with van der Waals surface area (Å²) in [6.45, 7) is 5.41. The highest BCUT2D eigenvalue weighted by Crippen LogP contribution is 2.28. The number of carbonyl (C=O) groups is 1. The summed E-state index contributed by atoms with van der Waals surface area (Å²) in [6, 6.07) is 3.81. The number of carboxylic acids is 1. The number of carboxylic acid groups (broad SMARTS) is 1. The number of aryl methyl sites for hydroxylation is 1. The Kier molecular flexibility index (Phi) is 4.23. The van der Waals surface area contributed by atoms with E-state index in [1.807, 2.05) is 26.0 Å². The number of hydrogen-bond acceptors (Lipinski definition) is 5. The van der Waals surface area contributed by atoms with E-state index in [4.69, 9.17) is 10.1 Å². The van der Waals surface area contributed by atoms with Crippen LogP contribution in [0.4, 0.5) is 5.82 Å². The molecule has 120 valence electrons. The van der Waals surface area contributed by atoms with Crippen molar-refractivity contribution in [2.24, 2.45) is 5.92 Å². The van der Waals surface area contributed by atoms with Crippen molar-refractivity contribution in [3.05, 3.63) is 35.8 Å². The zero-order valence-corrected chi connectivity index (χ0v) is 13.4. The van der Waals surface area contributed by atoms with Crippen LogP contribution in [0, 0.1) is 19.8 Å². The molecular formula is C17H20N4O2. The Bertz CT molecular complexity index is 710. The van der Waals surface area contributed by atoms with E-state index in [0.29, 0.717) is 31.8 Å². The topological polar surface area (TPSA) is 79.2 Å². The first-order chi connectivity index (χ1) is 11.1. The maximum atomic E-state index is 11.1. The molecule has 1 fully saturated rings. The van der Waals surface area contributed by atoms with Crippen LogP contribution in [-0.4, -0.2) is 39.1 Å². The Hall–Kier alpha value is -2.50. The van der Waals surface area contributed by atoms with Gasteiger partial charge in [-0.3, -0.25) is 9.78 Å². The zero-order chi connectivity index (χ0) is 16.4. The highest BCUT2D eigenvalue weighted by molar-refractivity contribution is 5.70. The summed E-state index contributed by atoms with van der Waals surface area (Å²) in [5, 5.41) is 9.14. The third-order valence-electron chi connectivity index (χ3n) is 4.43. The summed E-state index contributed by atoms with van der Waals surface area (Å²) < 4.78 is 0. The summed E-state index contributed by atoms with van der Waals surface area (Å²) in [4.78, 5) is 26.7. The third-order valence-corrected chi connectivity index (χ3v) is 4.43. The van der Waals surface area contributed by atoms with E-state index in [1.54, 1.807) is 12.4 Å². The molecule has 1 saturated heterocycles. The molecule has 0 radical (unpaired) electrons. The number of aromatic nitrogens is 3. The zero-order valence-electron chi connectivity index (χ0n) is 13.4. The fraction of sp³-hybridized carbons (Fsp3) is 0.412. The number of nitrogens with zero attached hydrogens (tertiary/aromatic N) is 4. The molecule has 0 aromatic carbocycles. The van der Waals surface area contributed by atoms with Gasteiger partial charge >= 0.3 is 5.97 Å². The monoisotopic (exact) mass is 312 g/mol. The van der Waals surface area contributed by atoms with Crippen molar-refractivity contribution in [3.63, 3.8) is 0 Å². The number of aliphatic carboxylic acids is 1. The van der Waals surface area contributed by atoms with Crippen molar-refractivity contribution in [2.45, 2.75) is 26.7 Å². The van der Waals surface area contributed by atoms with Gasteiger partial charge in [0.15, 0.2) is 5.82 Å². The van der Waals surface area contributed by atoms with Crippen molar-refractivity contribution in [1.82, 2.24) is 15.0 Å². The number of pyridine rings is 1. The Morgan fingerprint density at radius 3 is 2.61 bits per heavy atom. The SMILES string of the molecule is Cc1nc(-c2cccnc2)nc(N2CCC(C(=O)O)CC2)c1C. The van der Waals surface area contributed by atoms with Gasteiger partial charge in [-0.15, -0.1) is 0 Å². The van der Waals surface area contributed by atoms with Crippen molar-refractivity contribution < 1.29 is 9.90 Å². The fourth-order valence-corrected chi connectivity index (χ4v) is 2.88. The van der Waals surface area contributed by atoms with Crippen LogP contribution in [0.25, 0.3) is 11.4 Å². The number of rotatable bonds is 3. The summed E-state index contributed by atoms with van der Waals surface area (Å²) >= 11 is 0. The quantitative estimate of drug-likeness (QED) is 0.938. The van der Waals surface area contributed by atoms with Crippen LogP contribution in [0.3, 0.4) is 0 Å². The molecule has 2 aromatic heterocycles. The van der Waals surface area contributed by atoms with Crippen molar-refractivity contribution in [1.29, 1.82) is 0 Å². The molecule has 0 saturated carbocycles. The second kappa shape index (κ2) is 6.32. The van der Waals surface area contributed by atoms with E-state index in [0.717, 1.165) is 22.6 Å². The van der Waals surface area contributed by atoms with Gasteiger partial charge in [-0.05, 0) is 38.8 Å². The normalized spacial score (nSPS) is 15.7. The second-order valence-corrected chi connectivity index (χ2v) is 5.92. The van der Waals surface area contributed by atoms with E-state index in [9.17, 15) is 4.79 Å². The molecule has 0 aliphatic carbocycles. The van der Waals surface area contributed by atoms with Gasteiger partial charge in [0.1, 0.15) is 5.82 Å². The predicted molar refractivity (Wildman–Crippen MR) is 87.3 cm³/mol. The maximum absolute atomic E-state index is 11.1. The number of piperidine rings is 1. The van der Waals surface area contributed by atoms with Gasteiger partial charge in [-0.2, -0.15) is 0 Å². The highest BCUT2D eigenvalue weighted by Gasteiger charge is 2.26. The molecular weight excluding hydrogens is 292 g/mol.